The van der Waals surface area contributed by atoms with Crippen LogP contribution >= 0.6 is 0 Å². The lowest BCUT2D eigenvalue weighted by molar-refractivity contribution is -0.127. The lowest BCUT2D eigenvalue weighted by Gasteiger charge is -2.42. The van der Waals surface area contributed by atoms with Crippen molar-refractivity contribution in [3.63, 3.8) is 0 Å². The molecule has 1 aliphatic carbocycles. The fourth-order valence-corrected chi connectivity index (χ4v) is 4.55. The second kappa shape index (κ2) is 8.13. The van der Waals surface area contributed by atoms with Crippen LogP contribution in [0.4, 0.5) is 5.82 Å². The predicted molar refractivity (Wildman–Crippen MR) is 107 cm³/mol. The summed E-state index contributed by atoms with van der Waals surface area (Å²) in [6, 6.07) is 1.07. The van der Waals surface area contributed by atoms with Crippen molar-refractivity contribution >= 4 is 11.7 Å². The molecule has 3 fully saturated rings. The number of anilines is 1. The molecule has 6 heteroatoms. The topological polar surface area (TPSA) is 61.4 Å². The molecule has 148 valence electrons. The molecule has 1 aromatic heterocycles. The van der Waals surface area contributed by atoms with E-state index in [0.29, 0.717) is 23.9 Å². The molecule has 3 heterocycles. The fraction of sp³-hybridized carbons (Fsp3) is 0.762. The minimum Gasteiger partial charge on any atom is -0.356 e. The first-order valence-corrected chi connectivity index (χ1v) is 10.7. The highest BCUT2D eigenvalue weighted by Gasteiger charge is 2.34. The molecular formula is C21H33N5O. The zero-order valence-corrected chi connectivity index (χ0v) is 16.7. The van der Waals surface area contributed by atoms with Gasteiger partial charge in [0.25, 0.3) is 0 Å². The molecule has 0 bridgehead atoms. The van der Waals surface area contributed by atoms with Gasteiger partial charge in [-0.05, 0) is 51.0 Å². The van der Waals surface area contributed by atoms with Crippen LogP contribution in [0.25, 0.3) is 0 Å². The molecule has 0 spiro atoms. The Hall–Kier alpha value is -1.69. The molecule has 4 rings (SSSR count). The first-order chi connectivity index (χ1) is 13.1. The van der Waals surface area contributed by atoms with Gasteiger partial charge in [0, 0.05) is 43.5 Å². The molecule has 0 aromatic carbocycles. The zero-order chi connectivity index (χ0) is 18.8. The number of amides is 1. The van der Waals surface area contributed by atoms with E-state index in [2.05, 4.69) is 38.9 Å². The third-order valence-electron chi connectivity index (χ3n) is 6.37. The number of aromatic nitrogens is 2. The molecule has 3 aliphatic rings. The molecule has 0 unspecified atom stereocenters. The Bertz CT molecular complexity index is 652. The molecule has 2 aliphatic heterocycles. The summed E-state index contributed by atoms with van der Waals surface area (Å²) in [5.74, 6) is 2.03. The molecule has 6 nitrogen and oxygen atoms in total. The normalized spacial score (nSPS) is 25.0. The lowest BCUT2D eigenvalue weighted by Crippen LogP contribution is -2.51. The van der Waals surface area contributed by atoms with Gasteiger partial charge in [0.2, 0.25) is 5.91 Å². The summed E-state index contributed by atoms with van der Waals surface area (Å²) in [7, 11) is 0. The maximum absolute atomic E-state index is 12.5. The fourth-order valence-electron chi connectivity index (χ4n) is 4.55. The van der Waals surface area contributed by atoms with Crippen molar-refractivity contribution in [2.75, 3.05) is 31.1 Å². The van der Waals surface area contributed by atoms with E-state index in [-0.39, 0.29) is 5.92 Å². The molecule has 27 heavy (non-hydrogen) atoms. The average Bonchev–Trinajstić information content (AvgIpc) is 3.52. The van der Waals surface area contributed by atoms with Gasteiger partial charge < -0.3 is 10.2 Å². The van der Waals surface area contributed by atoms with Crippen molar-refractivity contribution < 1.29 is 4.79 Å². The number of nitrogens with zero attached hydrogens (tertiary/aromatic N) is 4. The molecule has 2 saturated heterocycles. The van der Waals surface area contributed by atoms with Crippen LogP contribution in [-0.4, -0.2) is 59.0 Å². The van der Waals surface area contributed by atoms with Gasteiger partial charge >= 0.3 is 0 Å². The van der Waals surface area contributed by atoms with Crippen LogP contribution in [0.15, 0.2) is 12.5 Å². The van der Waals surface area contributed by atoms with Crippen molar-refractivity contribution in [2.45, 2.75) is 70.4 Å². The molecule has 1 amide bonds. The first kappa shape index (κ1) is 18.7. The van der Waals surface area contributed by atoms with Gasteiger partial charge in [0.05, 0.1) is 5.92 Å². The summed E-state index contributed by atoms with van der Waals surface area (Å²) < 4.78 is 0. The Morgan fingerprint density at radius 2 is 1.93 bits per heavy atom. The van der Waals surface area contributed by atoms with E-state index in [4.69, 9.17) is 0 Å². The van der Waals surface area contributed by atoms with Crippen molar-refractivity contribution in [2.24, 2.45) is 5.92 Å². The number of rotatable bonds is 5. The SMILES string of the molecule is CC(C)c1cncnc1N1CCC(N2CCC[C@@H](C(=O)NC3CC3)C2)CC1. The quantitative estimate of drug-likeness (QED) is 0.862. The minimum atomic E-state index is 0.187. The van der Waals surface area contributed by atoms with Gasteiger partial charge in [-0.1, -0.05) is 13.8 Å². The smallest absolute Gasteiger partial charge is 0.224 e. The Morgan fingerprint density at radius 3 is 2.63 bits per heavy atom. The van der Waals surface area contributed by atoms with Gasteiger partial charge in [-0.3, -0.25) is 9.69 Å². The molecule has 1 atom stereocenters. The zero-order valence-electron chi connectivity index (χ0n) is 16.7. The Morgan fingerprint density at radius 1 is 1.15 bits per heavy atom. The summed E-state index contributed by atoms with van der Waals surface area (Å²) in [4.78, 5) is 26.3. The highest BCUT2D eigenvalue weighted by atomic mass is 16.2. The number of nitrogens with one attached hydrogen (secondary N) is 1. The second-order valence-electron chi connectivity index (χ2n) is 8.79. The molecular weight excluding hydrogens is 338 g/mol. The van der Waals surface area contributed by atoms with E-state index >= 15 is 0 Å². The standard InChI is InChI=1S/C21H33N5O/c1-15(2)19-12-22-14-23-20(19)25-10-7-18(8-11-25)26-9-3-4-16(13-26)21(27)24-17-5-6-17/h12,14-18H,3-11,13H2,1-2H3,(H,24,27)/t16-/m1/s1. The van der Waals surface area contributed by atoms with E-state index in [1.54, 1.807) is 6.33 Å². The molecule has 0 radical (unpaired) electrons. The number of hydrogen-bond acceptors (Lipinski definition) is 5. The molecule has 1 N–H and O–H groups in total. The van der Waals surface area contributed by atoms with E-state index in [0.717, 1.165) is 57.7 Å². The van der Waals surface area contributed by atoms with Crippen LogP contribution in [0.3, 0.4) is 0 Å². The van der Waals surface area contributed by atoms with Crippen molar-refractivity contribution in [3.05, 3.63) is 18.1 Å². The summed E-state index contributed by atoms with van der Waals surface area (Å²) in [5, 5.41) is 3.20. The number of piperidine rings is 2. The van der Waals surface area contributed by atoms with Gasteiger partial charge in [0.15, 0.2) is 0 Å². The van der Waals surface area contributed by atoms with Crippen molar-refractivity contribution in [1.29, 1.82) is 0 Å². The Kier molecular flexibility index (Phi) is 5.62. The van der Waals surface area contributed by atoms with Crippen molar-refractivity contribution in [3.8, 4) is 0 Å². The third kappa shape index (κ3) is 4.42. The third-order valence-corrected chi connectivity index (χ3v) is 6.37. The Balaban J connectivity index is 1.33. The van der Waals surface area contributed by atoms with Crippen molar-refractivity contribution in [1.82, 2.24) is 20.2 Å². The van der Waals surface area contributed by atoms with Gasteiger partial charge in [-0.25, -0.2) is 9.97 Å². The van der Waals surface area contributed by atoms with E-state index in [1.165, 1.54) is 18.4 Å². The lowest BCUT2D eigenvalue weighted by atomic mass is 9.93. The minimum absolute atomic E-state index is 0.187. The number of carbonyl (C=O) groups excluding carboxylic acids is 1. The van der Waals surface area contributed by atoms with Gasteiger partial charge in [0.1, 0.15) is 12.1 Å². The van der Waals surface area contributed by atoms with Gasteiger partial charge in [-0.15, -0.1) is 0 Å². The summed E-state index contributed by atoms with van der Waals surface area (Å²) in [6.07, 6.45) is 10.5. The first-order valence-electron chi connectivity index (χ1n) is 10.7. The highest BCUT2D eigenvalue weighted by molar-refractivity contribution is 5.79. The average molecular weight is 372 g/mol. The predicted octanol–water partition coefficient (Wildman–Crippen LogP) is 2.56. The maximum Gasteiger partial charge on any atom is 0.224 e. The largest absolute Gasteiger partial charge is 0.356 e. The summed E-state index contributed by atoms with van der Waals surface area (Å²) >= 11 is 0. The maximum atomic E-state index is 12.5. The monoisotopic (exact) mass is 371 g/mol. The van der Waals surface area contributed by atoms with Crippen LogP contribution in [0.2, 0.25) is 0 Å². The van der Waals surface area contributed by atoms with Crippen LogP contribution in [-0.2, 0) is 4.79 Å². The Labute approximate surface area is 162 Å². The number of likely N-dealkylation sites (tertiary alicyclic amines) is 1. The van der Waals surface area contributed by atoms with E-state index < -0.39 is 0 Å². The summed E-state index contributed by atoms with van der Waals surface area (Å²) in [5.41, 5.74) is 1.24. The highest BCUT2D eigenvalue weighted by Crippen LogP contribution is 2.30. The molecule has 1 aromatic rings. The van der Waals surface area contributed by atoms with Gasteiger partial charge in [-0.2, -0.15) is 0 Å². The van der Waals surface area contributed by atoms with Crippen LogP contribution in [0, 0.1) is 5.92 Å². The number of hydrogen-bond donors (Lipinski definition) is 1. The molecule has 1 saturated carbocycles. The van der Waals surface area contributed by atoms with Crippen LogP contribution in [0.1, 0.15) is 63.9 Å². The summed E-state index contributed by atoms with van der Waals surface area (Å²) in [6.45, 7) is 8.56. The second-order valence-corrected chi connectivity index (χ2v) is 8.79. The van der Waals surface area contributed by atoms with Crippen LogP contribution < -0.4 is 10.2 Å². The van der Waals surface area contributed by atoms with Crippen LogP contribution in [0.5, 0.6) is 0 Å². The van der Waals surface area contributed by atoms with E-state index in [1.807, 2.05) is 6.20 Å². The number of carbonyl (C=O) groups is 1. The van der Waals surface area contributed by atoms with E-state index in [9.17, 15) is 4.79 Å².